The summed E-state index contributed by atoms with van der Waals surface area (Å²) in [4.78, 5) is 24.9. The molecule has 0 saturated carbocycles. The Kier molecular flexibility index (Phi) is 8.44. The molecule has 0 aliphatic carbocycles. The van der Waals surface area contributed by atoms with Crippen molar-refractivity contribution in [2.24, 2.45) is 4.99 Å². The van der Waals surface area contributed by atoms with Crippen molar-refractivity contribution in [2.75, 3.05) is 19.0 Å². The molecule has 0 spiro atoms. The molecule has 1 amide bonds. The van der Waals surface area contributed by atoms with Gasteiger partial charge in [-0.05, 0) is 49.2 Å². The van der Waals surface area contributed by atoms with E-state index < -0.39 is 0 Å². The Labute approximate surface area is 218 Å². The van der Waals surface area contributed by atoms with Gasteiger partial charge in [-0.3, -0.25) is 9.79 Å². The standard InChI is InChI=1S/C28H28BrN3O2S/c1-4-5-15-30-24(19-11-13-22(29)14-12-19)26-25(32-27(33)20-9-7-6-8-10-20)23-21(17-34-3)16-18(2)31-28(23)35-26/h6-14,16H,4-5,15,17H2,1-3H3,(H,32,33). The van der Waals surface area contributed by atoms with Crippen molar-refractivity contribution in [1.29, 1.82) is 0 Å². The number of anilines is 1. The van der Waals surface area contributed by atoms with Gasteiger partial charge in [-0.15, -0.1) is 11.3 Å². The second-order valence-corrected chi connectivity index (χ2v) is 10.2. The van der Waals surface area contributed by atoms with Gasteiger partial charge in [-0.1, -0.05) is 59.6 Å². The molecule has 0 saturated heterocycles. The topological polar surface area (TPSA) is 63.6 Å². The van der Waals surface area contributed by atoms with Crippen LogP contribution in [-0.4, -0.2) is 30.3 Å². The van der Waals surface area contributed by atoms with Crippen LogP contribution in [-0.2, 0) is 11.3 Å². The zero-order chi connectivity index (χ0) is 24.8. The SMILES string of the molecule is CCCCN=C(c1ccc(Br)cc1)c1sc2nc(C)cc(COC)c2c1NC(=O)c1ccccc1. The molecule has 0 atom stereocenters. The number of benzene rings is 2. The van der Waals surface area contributed by atoms with Gasteiger partial charge in [0, 0.05) is 40.3 Å². The van der Waals surface area contributed by atoms with E-state index in [1.54, 1.807) is 18.4 Å². The van der Waals surface area contributed by atoms with Crippen LogP contribution in [0.2, 0.25) is 0 Å². The summed E-state index contributed by atoms with van der Waals surface area (Å²) >= 11 is 5.09. The zero-order valence-corrected chi connectivity index (χ0v) is 22.5. The Bertz CT molecular complexity index is 1350. The predicted molar refractivity (Wildman–Crippen MR) is 149 cm³/mol. The van der Waals surface area contributed by atoms with Crippen molar-refractivity contribution >= 4 is 54.8 Å². The third-order valence-corrected chi connectivity index (χ3v) is 7.18. The minimum Gasteiger partial charge on any atom is -0.380 e. The third kappa shape index (κ3) is 5.86. The Morgan fingerprint density at radius 2 is 1.86 bits per heavy atom. The number of amides is 1. The molecule has 180 valence electrons. The molecule has 0 unspecified atom stereocenters. The third-order valence-electron chi connectivity index (χ3n) is 5.56. The lowest BCUT2D eigenvalue weighted by atomic mass is 10.0. The van der Waals surface area contributed by atoms with Crippen LogP contribution in [0.4, 0.5) is 5.69 Å². The van der Waals surface area contributed by atoms with Crippen molar-refractivity contribution in [1.82, 2.24) is 4.98 Å². The molecular formula is C28H28BrN3O2S. The van der Waals surface area contributed by atoms with Crippen LogP contribution < -0.4 is 5.32 Å². The number of pyridine rings is 1. The Morgan fingerprint density at radius 1 is 1.11 bits per heavy atom. The zero-order valence-electron chi connectivity index (χ0n) is 20.1. The van der Waals surface area contributed by atoms with Gasteiger partial charge in [0.1, 0.15) is 4.83 Å². The fourth-order valence-corrected chi connectivity index (χ4v) is 5.41. The van der Waals surface area contributed by atoms with Crippen LogP contribution >= 0.6 is 27.3 Å². The average molecular weight is 551 g/mol. The first-order chi connectivity index (χ1) is 17.0. The van der Waals surface area contributed by atoms with Crippen molar-refractivity contribution < 1.29 is 9.53 Å². The highest BCUT2D eigenvalue weighted by atomic mass is 79.9. The summed E-state index contributed by atoms with van der Waals surface area (Å²) in [7, 11) is 1.68. The molecule has 2 aromatic carbocycles. The number of fused-ring (bicyclic) bond motifs is 1. The number of halogens is 1. The minimum atomic E-state index is -0.167. The van der Waals surface area contributed by atoms with Crippen LogP contribution in [0.15, 0.2) is 70.1 Å². The molecule has 0 aliphatic rings. The average Bonchev–Trinajstić information content (AvgIpc) is 3.21. The van der Waals surface area contributed by atoms with Gasteiger partial charge in [0.2, 0.25) is 0 Å². The molecule has 2 aromatic heterocycles. The van der Waals surface area contributed by atoms with E-state index in [1.165, 1.54) is 0 Å². The Hall–Kier alpha value is -2.87. The lowest BCUT2D eigenvalue weighted by molar-refractivity contribution is 0.102. The summed E-state index contributed by atoms with van der Waals surface area (Å²) in [6.07, 6.45) is 2.04. The minimum absolute atomic E-state index is 0.167. The molecule has 0 bridgehead atoms. The molecular weight excluding hydrogens is 522 g/mol. The normalized spacial score (nSPS) is 11.7. The lowest BCUT2D eigenvalue weighted by Crippen LogP contribution is -2.15. The number of unbranched alkanes of at least 4 members (excludes halogenated alkanes) is 1. The molecule has 4 aromatic rings. The Balaban J connectivity index is 1.94. The van der Waals surface area contributed by atoms with Crippen LogP contribution in [0.5, 0.6) is 0 Å². The van der Waals surface area contributed by atoms with E-state index in [1.807, 2.05) is 55.5 Å². The van der Waals surface area contributed by atoms with E-state index in [2.05, 4.69) is 40.3 Å². The monoisotopic (exact) mass is 549 g/mol. The summed E-state index contributed by atoms with van der Waals surface area (Å²) in [6, 6.07) is 19.4. The number of aromatic nitrogens is 1. The van der Waals surface area contributed by atoms with E-state index >= 15 is 0 Å². The van der Waals surface area contributed by atoms with Gasteiger partial charge in [-0.2, -0.15) is 0 Å². The number of rotatable bonds is 9. The Morgan fingerprint density at radius 3 is 2.54 bits per heavy atom. The van der Waals surface area contributed by atoms with Crippen LogP contribution in [0.3, 0.4) is 0 Å². The second kappa shape index (κ2) is 11.7. The number of carbonyl (C=O) groups excluding carboxylic acids is 1. The molecule has 35 heavy (non-hydrogen) atoms. The first-order valence-electron chi connectivity index (χ1n) is 11.6. The highest BCUT2D eigenvalue weighted by molar-refractivity contribution is 9.10. The number of nitrogens with one attached hydrogen (secondary N) is 1. The van der Waals surface area contributed by atoms with Crippen molar-refractivity contribution in [3.05, 3.63) is 92.4 Å². The van der Waals surface area contributed by atoms with E-state index in [4.69, 9.17) is 14.7 Å². The van der Waals surface area contributed by atoms with Gasteiger partial charge >= 0.3 is 0 Å². The summed E-state index contributed by atoms with van der Waals surface area (Å²) in [5.74, 6) is -0.167. The summed E-state index contributed by atoms with van der Waals surface area (Å²) in [5.41, 5.74) is 5.08. The number of carbonyl (C=O) groups is 1. The predicted octanol–water partition coefficient (Wildman–Crippen LogP) is 7.40. The fourth-order valence-electron chi connectivity index (χ4n) is 3.89. The van der Waals surface area contributed by atoms with Gasteiger partial charge in [0.25, 0.3) is 5.91 Å². The van der Waals surface area contributed by atoms with E-state index in [0.29, 0.717) is 18.7 Å². The number of hydrogen-bond acceptors (Lipinski definition) is 5. The van der Waals surface area contributed by atoms with E-state index in [0.717, 1.165) is 60.6 Å². The largest absolute Gasteiger partial charge is 0.380 e. The van der Waals surface area contributed by atoms with Gasteiger partial charge in [0.15, 0.2) is 0 Å². The maximum Gasteiger partial charge on any atom is 0.255 e. The highest BCUT2D eigenvalue weighted by Gasteiger charge is 2.24. The van der Waals surface area contributed by atoms with Crippen LogP contribution in [0, 0.1) is 6.92 Å². The lowest BCUT2D eigenvalue weighted by Gasteiger charge is -2.12. The number of hydrogen-bond donors (Lipinski definition) is 1. The maximum atomic E-state index is 13.3. The molecule has 5 nitrogen and oxygen atoms in total. The van der Waals surface area contributed by atoms with E-state index in [-0.39, 0.29) is 5.91 Å². The van der Waals surface area contributed by atoms with Gasteiger partial charge < -0.3 is 10.1 Å². The number of aryl methyl sites for hydroxylation is 1. The second-order valence-electron chi connectivity index (χ2n) is 8.25. The number of nitrogens with zero attached hydrogens (tertiary/aromatic N) is 2. The quantitative estimate of drug-likeness (QED) is 0.174. The highest BCUT2D eigenvalue weighted by Crippen LogP contribution is 2.40. The first kappa shape index (κ1) is 25.2. The molecule has 4 rings (SSSR count). The molecule has 0 aliphatic heterocycles. The van der Waals surface area contributed by atoms with Gasteiger partial charge in [-0.25, -0.2) is 4.98 Å². The fraction of sp³-hybridized carbons (Fsp3) is 0.250. The molecule has 0 fully saturated rings. The van der Waals surface area contributed by atoms with Crippen LogP contribution in [0.1, 0.15) is 51.8 Å². The number of methoxy groups -OCH3 is 1. The number of thiophene rings is 1. The smallest absolute Gasteiger partial charge is 0.255 e. The molecule has 0 radical (unpaired) electrons. The van der Waals surface area contributed by atoms with Crippen molar-refractivity contribution in [3.63, 3.8) is 0 Å². The van der Waals surface area contributed by atoms with Crippen LogP contribution in [0.25, 0.3) is 10.2 Å². The molecule has 7 heteroatoms. The first-order valence-corrected chi connectivity index (χ1v) is 13.2. The molecule has 2 heterocycles. The van der Waals surface area contributed by atoms with Gasteiger partial charge in [0.05, 0.1) is 22.9 Å². The molecule has 1 N–H and O–H groups in total. The number of ether oxygens (including phenoxy) is 1. The van der Waals surface area contributed by atoms with Crippen molar-refractivity contribution in [2.45, 2.75) is 33.3 Å². The van der Waals surface area contributed by atoms with E-state index in [9.17, 15) is 4.79 Å². The summed E-state index contributed by atoms with van der Waals surface area (Å²) in [6.45, 7) is 5.26. The maximum absolute atomic E-state index is 13.3. The number of aliphatic imine (C=N–C) groups is 1. The summed E-state index contributed by atoms with van der Waals surface area (Å²) in [5, 5.41) is 4.11. The summed E-state index contributed by atoms with van der Waals surface area (Å²) < 4.78 is 6.51. The van der Waals surface area contributed by atoms with Crippen molar-refractivity contribution in [3.8, 4) is 0 Å².